The van der Waals surface area contributed by atoms with Gasteiger partial charge in [-0.3, -0.25) is 4.72 Å². The number of benzene rings is 2. The Hall–Kier alpha value is -1.08. The number of para-hydroxylation sites is 1. The molecular weight excluding hydrogens is 385 g/mol. The number of sulfonamides is 1. The molecule has 1 N–H and O–H groups in total. The molecule has 5 heteroatoms. The van der Waals surface area contributed by atoms with Gasteiger partial charge in [0.05, 0.1) is 10.6 Å². The lowest BCUT2D eigenvalue weighted by molar-refractivity contribution is 0.601. The van der Waals surface area contributed by atoms with Crippen LogP contribution in [0.2, 0.25) is 0 Å². The monoisotopic (exact) mass is 401 g/mol. The third-order valence-electron chi connectivity index (χ3n) is 2.89. The van der Waals surface area contributed by atoms with Crippen molar-refractivity contribution in [2.75, 3.05) is 4.72 Å². The third-order valence-corrected chi connectivity index (χ3v) is 5.21. The Morgan fingerprint density at radius 1 is 1.05 bits per heavy atom. The van der Waals surface area contributed by atoms with E-state index in [4.69, 9.17) is 0 Å². The maximum Gasteiger partial charge on any atom is 0.261 e. The summed E-state index contributed by atoms with van der Waals surface area (Å²) in [5, 5.41) is 0. The molecule has 106 valence electrons. The van der Waals surface area contributed by atoms with Crippen LogP contribution in [0.5, 0.6) is 0 Å². The van der Waals surface area contributed by atoms with Crippen LogP contribution >= 0.6 is 22.6 Å². The molecule has 0 heterocycles. The van der Waals surface area contributed by atoms with Crippen molar-refractivity contribution in [3.05, 3.63) is 57.7 Å². The van der Waals surface area contributed by atoms with Crippen LogP contribution in [-0.4, -0.2) is 8.42 Å². The first-order valence-corrected chi connectivity index (χ1v) is 8.95. The molecule has 3 nitrogen and oxygen atoms in total. The van der Waals surface area contributed by atoms with Gasteiger partial charge in [-0.05, 0) is 58.8 Å². The van der Waals surface area contributed by atoms with Gasteiger partial charge in [0.15, 0.2) is 0 Å². The fourth-order valence-electron chi connectivity index (χ4n) is 1.87. The normalized spacial score (nSPS) is 11.3. The lowest BCUT2D eigenvalue weighted by Crippen LogP contribution is -2.13. The van der Waals surface area contributed by atoms with Crippen molar-refractivity contribution in [3.8, 4) is 0 Å². The molecule has 0 bridgehead atoms. The van der Waals surface area contributed by atoms with Gasteiger partial charge in [0.2, 0.25) is 0 Å². The van der Waals surface area contributed by atoms with Gasteiger partial charge in [-0.25, -0.2) is 8.42 Å². The third kappa shape index (κ3) is 3.73. The Kier molecular flexibility index (Phi) is 5.04. The van der Waals surface area contributed by atoms with Crippen molar-refractivity contribution < 1.29 is 8.42 Å². The number of anilines is 1. The fraction of sp³-hybridized carbons (Fsp3) is 0.200. The second-order valence-electron chi connectivity index (χ2n) is 4.48. The summed E-state index contributed by atoms with van der Waals surface area (Å²) in [6, 6.07) is 14.4. The molecule has 0 amide bonds. The molecule has 0 radical (unpaired) electrons. The standard InChI is InChI=1S/C15H16INO2S/c1-2-5-12-8-10-13(11-9-12)20(18,19)17-15-7-4-3-6-14(15)16/h3-4,6-11,17H,2,5H2,1H3. The second kappa shape index (κ2) is 6.58. The molecule has 0 aliphatic rings. The number of hydrogen-bond donors (Lipinski definition) is 1. The van der Waals surface area contributed by atoms with Crippen molar-refractivity contribution >= 4 is 38.3 Å². The summed E-state index contributed by atoms with van der Waals surface area (Å²) >= 11 is 2.11. The van der Waals surface area contributed by atoms with Gasteiger partial charge in [0.25, 0.3) is 10.0 Å². The van der Waals surface area contributed by atoms with Crippen LogP contribution in [0, 0.1) is 3.57 Å². The van der Waals surface area contributed by atoms with Gasteiger partial charge in [0.1, 0.15) is 0 Å². The first-order valence-electron chi connectivity index (χ1n) is 6.39. The summed E-state index contributed by atoms with van der Waals surface area (Å²) < 4.78 is 28.1. The minimum atomic E-state index is -3.52. The molecule has 0 aromatic heterocycles. The smallest absolute Gasteiger partial charge is 0.261 e. The zero-order chi connectivity index (χ0) is 14.6. The number of halogens is 1. The fourth-order valence-corrected chi connectivity index (χ4v) is 3.66. The van der Waals surface area contributed by atoms with Gasteiger partial charge in [-0.1, -0.05) is 37.6 Å². The van der Waals surface area contributed by atoms with Crippen LogP contribution in [-0.2, 0) is 16.4 Å². The molecule has 0 aliphatic carbocycles. The maximum absolute atomic E-state index is 12.3. The van der Waals surface area contributed by atoms with Gasteiger partial charge in [-0.2, -0.15) is 0 Å². The Morgan fingerprint density at radius 3 is 2.30 bits per heavy atom. The first kappa shape index (κ1) is 15.3. The summed E-state index contributed by atoms with van der Waals surface area (Å²) in [7, 11) is -3.52. The van der Waals surface area contributed by atoms with E-state index in [2.05, 4.69) is 34.2 Å². The van der Waals surface area contributed by atoms with Crippen LogP contribution in [0.4, 0.5) is 5.69 Å². The maximum atomic E-state index is 12.3. The summed E-state index contributed by atoms with van der Waals surface area (Å²) in [4.78, 5) is 0.289. The zero-order valence-electron chi connectivity index (χ0n) is 11.1. The second-order valence-corrected chi connectivity index (χ2v) is 7.32. The average Bonchev–Trinajstić information content (AvgIpc) is 2.42. The summed E-state index contributed by atoms with van der Waals surface area (Å²) in [5.41, 5.74) is 1.76. The summed E-state index contributed by atoms with van der Waals surface area (Å²) in [6.07, 6.45) is 2.01. The van der Waals surface area contributed by atoms with Gasteiger partial charge in [0, 0.05) is 3.57 Å². The number of nitrogens with one attached hydrogen (secondary N) is 1. The summed E-state index contributed by atoms with van der Waals surface area (Å²) in [6.45, 7) is 2.10. The van der Waals surface area contributed by atoms with E-state index >= 15 is 0 Å². The Balaban J connectivity index is 2.24. The average molecular weight is 401 g/mol. The zero-order valence-corrected chi connectivity index (χ0v) is 14.1. The van der Waals surface area contributed by atoms with E-state index < -0.39 is 10.0 Å². The van der Waals surface area contributed by atoms with Crippen molar-refractivity contribution in [1.29, 1.82) is 0 Å². The van der Waals surface area contributed by atoms with Crippen molar-refractivity contribution in [2.45, 2.75) is 24.7 Å². The van der Waals surface area contributed by atoms with Crippen LogP contribution in [0.1, 0.15) is 18.9 Å². The van der Waals surface area contributed by atoms with Crippen molar-refractivity contribution in [3.63, 3.8) is 0 Å². The van der Waals surface area contributed by atoms with E-state index in [1.807, 2.05) is 30.3 Å². The van der Waals surface area contributed by atoms with Crippen LogP contribution in [0.25, 0.3) is 0 Å². The molecule has 2 aromatic rings. The van der Waals surface area contributed by atoms with E-state index in [1.165, 1.54) is 0 Å². The predicted molar refractivity (Wildman–Crippen MR) is 90.4 cm³/mol. The topological polar surface area (TPSA) is 46.2 Å². The lowest BCUT2D eigenvalue weighted by Gasteiger charge is -2.10. The molecule has 0 saturated heterocycles. The van der Waals surface area contributed by atoms with Crippen molar-refractivity contribution in [2.24, 2.45) is 0 Å². The van der Waals surface area contributed by atoms with Crippen molar-refractivity contribution in [1.82, 2.24) is 0 Å². The Labute approximate surface area is 133 Å². The first-order chi connectivity index (χ1) is 9.53. The molecule has 0 atom stereocenters. The van der Waals surface area contributed by atoms with E-state index in [9.17, 15) is 8.42 Å². The van der Waals surface area contributed by atoms with Gasteiger partial charge >= 0.3 is 0 Å². The van der Waals surface area contributed by atoms with E-state index in [0.717, 1.165) is 22.0 Å². The van der Waals surface area contributed by atoms with Crippen LogP contribution in [0.15, 0.2) is 53.4 Å². The molecule has 20 heavy (non-hydrogen) atoms. The van der Waals surface area contributed by atoms with Gasteiger partial charge in [-0.15, -0.1) is 0 Å². The van der Waals surface area contributed by atoms with Gasteiger partial charge < -0.3 is 0 Å². The lowest BCUT2D eigenvalue weighted by atomic mass is 10.1. The van der Waals surface area contributed by atoms with E-state index in [0.29, 0.717) is 5.69 Å². The Bertz CT molecular complexity index is 681. The minimum Gasteiger partial charge on any atom is -0.279 e. The molecule has 2 aromatic carbocycles. The number of aryl methyl sites for hydroxylation is 1. The largest absolute Gasteiger partial charge is 0.279 e. The molecule has 0 saturated carbocycles. The van der Waals surface area contributed by atoms with Crippen LogP contribution in [0.3, 0.4) is 0 Å². The molecule has 0 unspecified atom stereocenters. The number of rotatable bonds is 5. The highest BCUT2D eigenvalue weighted by molar-refractivity contribution is 14.1. The number of hydrogen-bond acceptors (Lipinski definition) is 2. The Morgan fingerprint density at radius 2 is 1.70 bits per heavy atom. The highest BCUT2D eigenvalue weighted by atomic mass is 127. The molecule has 0 aliphatic heterocycles. The quantitative estimate of drug-likeness (QED) is 0.769. The van der Waals surface area contributed by atoms with E-state index in [-0.39, 0.29) is 4.90 Å². The highest BCUT2D eigenvalue weighted by Gasteiger charge is 2.15. The molecular formula is C15H16INO2S. The molecule has 2 rings (SSSR count). The van der Waals surface area contributed by atoms with E-state index in [1.54, 1.807) is 18.2 Å². The molecule has 0 spiro atoms. The van der Waals surface area contributed by atoms with Crippen LogP contribution < -0.4 is 4.72 Å². The predicted octanol–water partition coefficient (Wildman–Crippen LogP) is 4.04. The summed E-state index contributed by atoms with van der Waals surface area (Å²) in [5.74, 6) is 0. The minimum absolute atomic E-state index is 0.289. The highest BCUT2D eigenvalue weighted by Crippen LogP contribution is 2.21. The SMILES string of the molecule is CCCc1ccc(S(=O)(=O)Nc2ccccc2I)cc1. The molecule has 0 fully saturated rings.